The lowest BCUT2D eigenvalue weighted by molar-refractivity contribution is 0.119. The predicted molar refractivity (Wildman–Crippen MR) is 91.7 cm³/mol. The van der Waals surface area contributed by atoms with E-state index in [0.717, 1.165) is 31.7 Å². The van der Waals surface area contributed by atoms with Gasteiger partial charge in [-0.3, -0.25) is 9.80 Å². The number of sulfone groups is 1. The highest BCUT2D eigenvalue weighted by atomic mass is 32.2. The van der Waals surface area contributed by atoms with E-state index in [1.54, 1.807) is 13.8 Å². The predicted octanol–water partition coefficient (Wildman–Crippen LogP) is 1.69. The first-order valence-electron chi connectivity index (χ1n) is 8.06. The molecular weight excluding hydrogens is 310 g/mol. The highest BCUT2D eigenvalue weighted by Gasteiger charge is 2.26. The number of piperazine rings is 1. The molecule has 0 bridgehead atoms. The van der Waals surface area contributed by atoms with Crippen molar-refractivity contribution in [2.24, 2.45) is 0 Å². The Kier molecular flexibility index (Phi) is 6.17. The quantitative estimate of drug-likeness (QED) is 0.791. The molecule has 1 aliphatic rings. The van der Waals surface area contributed by atoms with Crippen LogP contribution in [0.3, 0.4) is 0 Å². The zero-order valence-corrected chi connectivity index (χ0v) is 14.7. The van der Waals surface area contributed by atoms with E-state index in [1.807, 2.05) is 30.3 Å². The highest BCUT2D eigenvalue weighted by Crippen LogP contribution is 2.21. The summed E-state index contributed by atoms with van der Waals surface area (Å²) in [4.78, 5) is 4.35. The van der Waals surface area contributed by atoms with Crippen molar-refractivity contribution in [2.45, 2.75) is 25.1 Å². The van der Waals surface area contributed by atoms with Crippen LogP contribution in [0, 0.1) is 11.3 Å². The smallest absolute Gasteiger partial charge is 0.153 e. The minimum atomic E-state index is -2.98. The second-order valence-corrected chi connectivity index (χ2v) is 8.91. The largest absolute Gasteiger partial charge is 0.300 e. The molecule has 1 aromatic carbocycles. The average molecular weight is 335 g/mol. The van der Waals surface area contributed by atoms with Gasteiger partial charge in [-0.2, -0.15) is 5.26 Å². The lowest BCUT2D eigenvalue weighted by atomic mass is 10.1. The molecule has 0 aromatic heterocycles. The van der Waals surface area contributed by atoms with Crippen molar-refractivity contribution in [3.8, 4) is 6.07 Å². The first kappa shape index (κ1) is 17.9. The lowest BCUT2D eigenvalue weighted by Gasteiger charge is -2.37. The van der Waals surface area contributed by atoms with E-state index in [-0.39, 0.29) is 17.0 Å². The normalized spacial score (nSPS) is 18.7. The Labute approximate surface area is 139 Å². The first-order chi connectivity index (χ1) is 10.9. The Balaban J connectivity index is 1.87. The molecule has 1 fully saturated rings. The molecule has 5 nitrogen and oxygen atoms in total. The van der Waals surface area contributed by atoms with Gasteiger partial charge >= 0.3 is 0 Å². The third-order valence-electron chi connectivity index (χ3n) is 4.42. The summed E-state index contributed by atoms with van der Waals surface area (Å²) in [5.41, 5.74) is 1.02. The van der Waals surface area contributed by atoms with E-state index in [2.05, 4.69) is 15.9 Å². The van der Waals surface area contributed by atoms with Crippen molar-refractivity contribution in [1.29, 1.82) is 5.26 Å². The molecule has 126 valence electrons. The molecule has 1 atom stereocenters. The summed E-state index contributed by atoms with van der Waals surface area (Å²) in [5.74, 6) is 0.213. The molecule has 23 heavy (non-hydrogen) atoms. The number of hydrogen-bond acceptors (Lipinski definition) is 5. The monoisotopic (exact) mass is 335 g/mol. The molecule has 0 saturated carbocycles. The maximum atomic E-state index is 11.9. The molecule has 0 radical (unpaired) electrons. The summed E-state index contributed by atoms with van der Waals surface area (Å²) < 4.78 is 23.8. The van der Waals surface area contributed by atoms with Gasteiger partial charge in [0.1, 0.15) is 6.04 Å². The first-order valence-corrected chi connectivity index (χ1v) is 9.78. The van der Waals surface area contributed by atoms with Gasteiger partial charge in [0.25, 0.3) is 0 Å². The van der Waals surface area contributed by atoms with Gasteiger partial charge < -0.3 is 0 Å². The third-order valence-corrected chi connectivity index (χ3v) is 6.61. The van der Waals surface area contributed by atoms with Crippen LogP contribution in [0.4, 0.5) is 0 Å². The molecule has 1 saturated heterocycles. The Morgan fingerprint density at radius 1 is 1.13 bits per heavy atom. The van der Waals surface area contributed by atoms with Crippen LogP contribution >= 0.6 is 0 Å². The van der Waals surface area contributed by atoms with Crippen molar-refractivity contribution in [3.63, 3.8) is 0 Å². The summed E-state index contributed by atoms with van der Waals surface area (Å²) in [6.45, 7) is 7.22. The fourth-order valence-electron chi connectivity index (χ4n) is 2.74. The molecule has 1 aliphatic heterocycles. The Hall–Kier alpha value is -1.42. The third kappa shape index (κ3) is 4.77. The standard InChI is InChI=1S/C17H25N3O2S/c1-15(2)23(21,22)13-12-19-8-10-20(11-9-19)17(14-18)16-6-4-3-5-7-16/h3-7,15,17H,8-13H2,1-2H3/t17-/m1/s1. The minimum Gasteiger partial charge on any atom is -0.300 e. The van der Waals surface area contributed by atoms with E-state index in [4.69, 9.17) is 0 Å². The van der Waals surface area contributed by atoms with Gasteiger partial charge in [0.05, 0.1) is 17.1 Å². The van der Waals surface area contributed by atoms with Crippen molar-refractivity contribution in [3.05, 3.63) is 35.9 Å². The molecule has 0 aliphatic carbocycles. The average Bonchev–Trinajstić information content (AvgIpc) is 2.56. The SMILES string of the molecule is CC(C)S(=O)(=O)CCN1CCN([C@H](C#N)c2ccccc2)CC1. The van der Waals surface area contributed by atoms with Crippen LogP contribution in [-0.2, 0) is 9.84 Å². The van der Waals surface area contributed by atoms with Crippen LogP contribution in [0.25, 0.3) is 0 Å². The van der Waals surface area contributed by atoms with E-state index >= 15 is 0 Å². The number of nitrogens with zero attached hydrogens (tertiary/aromatic N) is 3. The number of rotatable bonds is 6. The van der Waals surface area contributed by atoms with Gasteiger partial charge in [-0.05, 0) is 19.4 Å². The highest BCUT2D eigenvalue weighted by molar-refractivity contribution is 7.92. The van der Waals surface area contributed by atoms with E-state index < -0.39 is 9.84 Å². The molecule has 6 heteroatoms. The molecule has 0 amide bonds. The summed E-state index contributed by atoms with van der Waals surface area (Å²) >= 11 is 0. The van der Waals surface area contributed by atoms with Crippen molar-refractivity contribution >= 4 is 9.84 Å². The van der Waals surface area contributed by atoms with Crippen molar-refractivity contribution in [1.82, 2.24) is 9.80 Å². The fourth-order valence-corrected chi connectivity index (χ4v) is 3.72. The van der Waals surface area contributed by atoms with Crippen LogP contribution in [-0.4, -0.2) is 61.9 Å². The van der Waals surface area contributed by atoms with Gasteiger partial charge in [0.15, 0.2) is 9.84 Å². The fraction of sp³-hybridized carbons (Fsp3) is 0.588. The topological polar surface area (TPSA) is 64.4 Å². The van der Waals surface area contributed by atoms with E-state index in [0.29, 0.717) is 6.54 Å². The van der Waals surface area contributed by atoms with Crippen molar-refractivity contribution in [2.75, 3.05) is 38.5 Å². The molecule has 0 spiro atoms. The lowest BCUT2D eigenvalue weighted by Crippen LogP contribution is -2.48. The van der Waals surface area contributed by atoms with Crippen LogP contribution in [0.15, 0.2) is 30.3 Å². The molecule has 2 rings (SSSR count). The molecule has 1 aromatic rings. The van der Waals surface area contributed by atoms with E-state index in [1.165, 1.54) is 0 Å². The van der Waals surface area contributed by atoms with Gasteiger partial charge in [-0.15, -0.1) is 0 Å². The Morgan fingerprint density at radius 2 is 1.74 bits per heavy atom. The summed E-state index contributed by atoms with van der Waals surface area (Å²) in [6, 6.07) is 12.0. The maximum Gasteiger partial charge on any atom is 0.153 e. The summed E-state index contributed by atoms with van der Waals surface area (Å²) in [7, 11) is -2.98. The molecular formula is C17H25N3O2S. The maximum absolute atomic E-state index is 11.9. The molecule has 1 heterocycles. The summed E-state index contributed by atoms with van der Waals surface area (Å²) in [6.07, 6.45) is 0. The zero-order valence-electron chi connectivity index (χ0n) is 13.9. The van der Waals surface area contributed by atoms with E-state index in [9.17, 15) is 13.7 Å². The van der Waals surface area contributed by atoms with Crippen molar-refractivity contribution < 1.29 is 8.42 Å². The van der Waals surface area contributed by atoms with Crippen LogP contribution in [0.5, 0.6) is 0 Å². The Morgan fingerprint density at radius 3 is 2.26 bits per heavy atom. The Bertz CT molecular complexity index is 630. The second-order valence-electron chi connectivity index (χ2n) is 6.24. The zero-order chi connectivity index (χ0) is 16.9. The van der Waals surface area contributed by atoms with Gasteiger partial charge in [-0.1, -0.05) is 30.3 Å². The van der Waals surface area contributed by atoms with Gasteiger partial charge in [-0.25, -0.2) is 8.42 Å². The number of hydrogen-bond donors (Lipinski definition) is 0. The number of nitriles is 1. The number of benzene rings is 1. The van der Waals surface area contributed by atoms with Crippen LogP contribution in [0.1, 0.15) is 25.5 Å². The molecule has 0 unspecified atom stereocenters. The minimum absolute atomic E-state index is 0.213. The van der Waals surface area contributed by atoms with Gasteiger partial charge in [0.2, 0.25) is 0 Å². The van der Waals surface area contributed by atoms with Crippen LogP contribution < -0.4 is 0 Å². The summed E-state index contributed by atoms with van der Waals surface area (Å²) in [5, 5.41) is 9.17. The van der Waals surface area contributed by atoms with Crippen LogP contribution in [0.2, 0.25) is 0 Å². The second kappa shape index (κ2) is 7.91. The molecule has 0 N–H and O–H groups in total. The van der Waals surface area contributed by atoms with Gasteiger partial charge in [0, 0.05) is 32.7 Å².